The molecule has 0 bridgehead atoms. The number of ether oxygens (including phenoxy) is 1. The average Bonchev–Trinajstić information content (AvgIpc) is 2.67. The minimum atomic E-state index is 0.387. The molecule has 1 heterocycles. The quantitative estimate of drug-likeness (QED) is 0.664. The van der Waals surface area contributed by atoms with Gasteiger partial charge in [0.15, 0.2) is 0 Å². The van der Waals surface area contributed by atoms with Crippen molar-refractivity contribution in [3.8, 4) is 0 Å². The van der Waals surface area contributed by atoms with Gasteiger partial charge in [0.2, 0.25) is 0 Å². The Kier molecular flexibility index (Phi) is 5.17. The maximum Gasteiger partial charge on any atom is 0.137 e. The van der Waals surface area contributed by atoms with Crippen LogP contribution in [0.1, 0.15) is 19.7 Å². The molecule has 2 N–H and O–H groups in total. The molecule has 0 radical (unpaired) electrons. The van der Waals surface area contributed by atoms with Crippen molar-refractivity contribution in [1.82, 2.24) is 20.5 Å². The van der Waals surface area contributed by atoms with Gasteiger partial charge in [-0.3, -0.25) is 5.10 Å². The standard InChI is InChI=1S/C9H18N4O/c1-3-14-6-8(2)10-5-4-9-11-7-12-13-9/h7-8,10H,3-6H2,1-2H3,(H,11,12,13). The van der Waals surface area contributed by atoms with Gasteiger partial charge < -0.3 is 10.1 Å². The van der Waals surface area contributed by atoms with Crippen molar-refractivity contribution in [1.29, 1.82) is 0 Å². The highest BCUT2D eigenvalue weighted by atomic mass is 16.5. The van der Waals surface area contributed by atoms with Gasteiger partial charge >= 0.3 is 0 Å². The third kappa shape index (κ3) is 4.34. The predicted molar refractivity (Wildman–Crippen MR) is 54.0 cm³/mol. The van der Waals surface area contributed by atoms with E-state index in [0.29, 0.717) is 6.04 Å². The van der Waals surface area contributed by atoms with Crippen LogP contribution < -0.4 is 5.32 Å². The van der Waals surface area contributed by atoms with Gasteiger partial charge in [-0.05, 0) is 13.8 Å². The zero-order valence-corrected chi connectivity index (χ0v) is 8.79. The van der Waals surface area contributed by atoms with E-state index in [0.717, 1.165) is 32.0 Å². The third-order valence-electron chi connectivity index (χ3n) is 1.89. The second-order valence-corrected chi connectivity index (χ2v) is 3.20. The van der Waals surface area contributed by atoms with Gasteiger partial charge in [0.1, 0.15) is 12.2 Å². The molecule has 5 heteroatoms. The van der Waals surface area contributed by atoms with Crippen LogP contribution in [-0.4, -0.2) is 41.0 Å². The molecule has 0 spiro atoms. The van der Waals surface area contributed by atoms with Gasteiger partial charge in [0.25, 0.3) is 0 Å². The smallest absolute Gasteiger partial charge is 0.137 e. The molecule has 0 aliphatic rings. The minimum absolute atomic E-state index is 0.387. The Labute approximate surface area is 84.3 Å². The summed E-state index contributed by atoms with van der Waals surface area (Å²) < 4.78 is 5.28. The molecule has 5 nitrogen and oxygen atoms in total. The van der Waals surface area contributed by atoms with E-state index in [4.69, 9.17) is 4.74 Å². The van der Waals surface area contributed by atoms with Gasteiger partial charge in [-0.1, -0.05) is 0 Å². The lowest BCUT2D eigenvalue weighted by Crippen LogP contribution is -2.32. The van der Waals surface area contributed by atoms with E-state index in [2.05, 4.69) is 27.4 Å². The van der Waals surface area contributed by atoms with Crippen LogP contribution in [0.4, 0.5) is 0 Å². The summed E-state index contributed by atoms with van der Waals surface area (Å²) in [5, 5.41) is 9.95. The number of hydrogen-bond acceptors (Lipinski definition) is 4. The van der Waals surface area contributed by atoms with Crippen LogP contribution in [0.15, 0.2) is 6.33 Å². The van der Waals surface area contributed by atoms with Crippen LogP contribution >= 0.6 is 0 Å². The van der Waals surface area contributed by atoms with Crippen molar-refractivity contribution < 1.29 is 4.74 Å². The van der Waals surface area contributed by atoms with E-state index in [1.54, 1.807) is 0 Å². The van der Waals surface area contributed by atoms with E-state index in [1.165, 1.54) is 6.33 Å². The van der Waals surface area contributed by atoms with Crippen LogP contribution in [-0.2, 0) is 11.2 Å². The van der Waals surface area contributed by atoms with Crippen LogP contribution in [0.5, 0.6) is 0 Å². The lowest BCUT2D eigenvalue weighted by atomic mass is 10.3. The van der Waals surface area contributed by atoms with E-state index in [-0.39, 0.29) is 0 Å². The maximum absolute atomic E-state index is 5.28. The van der Waals surface area contributed by atoms with E-state index < -0.39 is 0 Å². The number of nitrogens with zero attached hydrogens (tertiary/aromatic N) is 2. The Morgan fingerprint density at radius 2 is 2.50 bits per heavy atom. The van der Waals surface area contributed by atoms with Gasteiger partial charge in [-0.25, -0.2) is 4.98 Å². The highest BCUT2D eigenvalue weighted by Gasteiger charge is 2.01. The summed E-state index contributed by atoms with van der Waals surface area (Å²) in [6.45, 7) is 6.53. The Bertz CT molecular complexity index is 225. The molecule has 0 amide bonds. The molecule has 0 fully saturated rings. The molecular weight excluding hydrogens is 180 g/mol. The summed E-state index contributed by atoms with van der Waals surface area (Å²) in [5.41, 5.74) is 0. The van der Waals surface area contributed by atoms with Gasteiger partial charge in [0.05, 0.1) is 6.61 Å². The Hall–Kier alpha value is -0.940. The summed E-state index contributed by atoms with van der Waals surface area (Å²) in [5.74, 6) is 0.918. The molecular formula is C9H18N4O. The Morgan fingerprint density at radius 3 is 3.14 bits per heavy atom. The van der Waals surface area contributed by atoms with Crippen LogP contribution in [0, 0.1) is 0 Å². The van der Waals surface area contributed by atoms with Gasteiger partial charge in [-0.2, -0.15) is 5.10 Å². The number of hydrogen-bond donors (Lipinski definition) is 2. The summed E-state index contributed by atoms with van der Waals surface area (Å²) in [6, 6.07) is 0.387. The molecule has 0 aliphatic heterocycles. The number of H-pyrrole nitrogens is 1. The first-order valence-electron chi connectivity index (χ1n) is 4.98. The molecule has 1 rings (SSSR count). The third-order valence-corrected chi connectivity index (χ3v) is 1.89. The lowest BCUT2D eigenvalue weighted by Gasteiger charge is -2.12. The van der Waals surface area contributed by atoms with E-state index >= 15 is 0 Å². The highest BCUT2D eigenvalue weighted by Crippen LogP contribution is 1.88. The molecule has 1 aromatic heterocycles. The molecule has 1 unspecified atom stereocenters. The summed E-state index contributed by atoms with van der Waals surface area (Å²) >= 11 is 0. The predicted octanol–water partition coefficient (Wildman–Crippen LogP) is 0.362. The van der Waals surface area contributed by atoms with E-state index in [9.17, 15) is 0 Å². The molecule has 0 saturated heterocycles. The number of aromatic amines is 1. The molecule has 1 aromatic rings. The SMILES string of the molecule is CCOCC(C)NCCc1ncn[nH]1. The normalized spacial score (nSPS) is 13.0. The first kappa shape index (κ1) is 11.1. The second-order valence-electron chi connectivity index (χ2n) is 3.20. The Balaban J connectivity index is 2.03. The minimum Gasteiger partial charge on any atom is -0.380 e. The first-order valence-corrected chi connectivity index (χ1v) is 4.98. The zero-order valence-electron chi connectivity index (χ0n) is 8.79. The molecule has 0 saturated carbocycles. The van der Waals surface area contributed by atoms with Crippen molar-refractivity contribution in [2.24, 2.45) is 0 Å². The highest BCUT2D eigenvalue weighted by molar-refractivity contribution is 4.80. The summed E-state index contributed by atoms with van der Waals surface area (Å²) in [6.07, 6.45) is 2.40. The van der Waals surface area contributed by atoms with Gasteiger partial charge in [0, 0.05) is 25.6 Å². The number of rotatable bonds is 7. The average molecular weight is 198 g/mol. The number of aromatic nitrogens is 3. The molecule has 80 valence electrons. The first-order chi connectivity index (χ1) is 6.83. The van der Waals surface area contributed by atoms with Crippen LogP contribution in [0.3, 0.4) is 0 Å². The fraction of sp³-hybridized carbons (Fsp3) is 0.778. The molecule has 1 atom stereocenters. The van der Waals surface area contributed by atoms with Crippen molar-refractivity contribution in [2.45, 2.75) is 26.3 Å². The topological polar surface area (TPSA) is 62.8 Å². The van der Waals surface area contributed by atoms with Crippen molar-refractivity contribution in [2.75, 3.05) is 19.8 Å². The van der Waals surface area contributed by atoms with Crippen LogP contribution in [0.25, 0.3) is 0 Å². The monoisotopic (exact) mass is 198 g/mol. The molecule has 14 heavy (non-hydrogen) atoms. The van der Waals surface area contributed by atoms with Crippen LogP contribution in [0.2, 0.25) is 0 Å². The largest absolute Gasteiger partial charge is 0.380 e. The zero-order chi connectivity index (χ0) is 10.2. The summed E-state index contributed by atoms with van der Waals surface area (Å²) in [4.78, 5) is 4.04. The molecule has 0 aliphatic carbocycles. The number of nitrogens with one attached hydrogen (secondary N) is 2. The fourth-order valence-electron chi connectivity index (χ4n) is 1.14. The second kappa shape index (κ2) is 6.50. The molecule has 0 aromatic carbocycles. The maximum atomic E-state index is 5.28. The van der Waals surface area contributed by atoms with Gasteiger partial charge in [-0.15, -0.1) is 0 Å². The van der Waals surface area contributed by atoms with Crippen molar-refractivity contribution in [3.63, 3.8) is 0 Å². The lowest BCUT2D eigenvalue weighted by molar-refractivity contribution is 0.127. The van der Waals surface area contributed by atoms with Crippen molar-refractivity contribution >= 4 is 0 Å². The Morgan fingerprint density at radius 1 is 1.64 bits per heavy atom. The van der Waals surface area contributed by atoms with E-state index in [1.807, 2.05) is 6.92 Å². The summed E-state index contributed by atoms with van der Waals surface area (Å²) in [7, 11) is 0. The van der Waals surface area contributed by atoms with Crippen molar-refractivity contribution in [3.05, 3.63) is 12.2 Å². The fourth-order valence-corrected chi connectivity index (χ4v) is 1.14.